The Labute approximate surface area is 135 Å². The minimum absolute atomic E-state index is 0.165. The first-order chi connectivity index (χ1) is 10.1. The van der Waals surface area contributed by atoms with Gasteiger partial charge < -0.3 is 0 Å². The Balaban J connectivity index is 5.10. The van der Waals surface area contributed by atoms with E-state index >= 15 is 0 Å². The molecule has 0 bridgehead atoms. The quantitative estimate of drug-likeness (QED) is 0.353. The molecule has 6 nitrogen and oxygen atoms in total. The Hall–Kier alpha value is -1.83. The molecule has 0 saturated heterocycles. The molecule has 0 aromatic rings. The normalized spacial score (nSPS) is 13.0. The predicted octanol–water partition coefficient (Wildman–Crippen LogP) is 2.50. The van der Waals surface area contributed by atoms with Crippen molar-refractivity contribution < 1.29 is 25.7 Å². The Morgan fingerprint density at radius 1 is 0.591 bits per heavy atom. The van der Waals surface area contributed by atoms with Crippen molar-refractivity contribution >= 4 is 32.7 Å². The fourth-order valence-electron chi connectivity index (χ4n) is 1.40. The molecular formula is C15H21GeO6. The molecule has 0 heterocycles. The van der Waals surface area contributed by atoms with Crippen LogP contribution in [-0.4, -0.2) is 32.7 Å². The Bertz CT molecular complexity index is 454. The van der Waals surface area contributed by atoms with Crippen LogP contribution in [0.5, 0.6) is 0 Å². The van der Waals surface area contributed by atoms with E-state index in [0.29, 0.717) is 17.3 Å². The van der Waals surface area contributed by atoms with Crippen LogP contribution < -0.4 is 0 Å². The Morgan fingerprint density at radius 2 is 0.818 bits per heavy atom. The van der Waals surface area contributed by atoms with Crippen molar-refractivity contribution in [3.05, 3.63) is 35.5 Å². The van der Waals surface area contributed by atoms with Gasteiger partial charge in [-0.2, -0.15) is 0 Å². The van der Waals surface area contributed by atoms with Gasteiger partial charge in [-0.05, 0) is 0 Å². The van der Waals surface area contributed by atoms with Crippen LogP contribution in [0.25, 0.3) is 0 Å². The topological polar surface area (TPSA) is 78.9 Å². The fourth-order valence-corrected chi connectivity index (χ4v) is 3.69. The van der Waals surface area contributed by atoms with Crippen LogP contribution in [0.15, 0.2) is 35.5 Å². The molecule has 0 aliphatic heterocycles. The zero-order valence-corrected chi connectivity index (χ0v) is 15.8. The van der Waals surface area contributed by atoms with E-state index in [2.05, 4.69) is 0 Å². The Kier molecular flexibility index (Phi) is 9.16. The van der Waals surface area contributed by atoms with Crippen molar-refractivity contribution in [2.45, 2.75) is 41.5 Å². The molecule has 0 aliphatic rings. The first-order valence-corrected chi connectivity index (χ1v) is 9.14. The summed E-state index contributed by atoms with van der Waals surface area (Å²) < 4.78 is 16.6. The summed E-state index contributed by atoms with van der Waals surface area (Å²) in [5.41, 5.74) is 0. The van der Waals surface area contributed by atoms with E-state index in [1.54, 1.807) is 20.8 Å². The maximum atomic E-state index is 11.0. The summed E-state index contributed by atoms with van der Waals surface area (Å²) >= 11 is -3.05. The molecule has 1 radical (unpaired) electrons. The van der Waals surface area contributed by atoms with Gasteiger partial charge in [0.05, 0.1) is 0 Å². The zero-order chi connectivity index (χ0) is 17.3. The number of ketones is 3. The van der Waals surface area contributed by atoms with Gasteiger partial charge in [-0.3, -0.25) is 0 Å². The van der Waals surface area contributed by atoms with Crippen LogP contribution in [0.2, 0.25) is 0 Å². The van der Waals surface area contributed by atoms with E-state index in [9.17, 15) is 14.4 Å². The molecule has 0 aromatic carbocycles. The van der Waals surface area contributed by atoms with Crippen molar-refractivity contribution in [3.8, 4) is 0 Å². The van der Waals surface area contributed by atoms with Crippen LogP contribution in [0.4, 0.5) is 0 Å². The molecule has 0 saturated carbocycles. The number of allylic oxidation sites excluding steroid dienone is 6. The van der Waals surface area contributed by atoms with E-state index in [-0.39, 0.29) is 17.3 Å². The summed E-state index contributed by atoms with van der Waals surface area (Å²) in [6.07, 6.45) is 3.94. The summed E-state index contributed by atoms with van der Waals surface area (Å²) in [5, 5.41) is 0. The van der Waals surface area contributed by atoms with Gasteiger partial charge in [-0.1, -0.05) is 0 Å². The SMILES string of the molecule is CC(=O)/C=C(/C)[O][Ge]([O]/C(C)=C\C(C)=O)[O]/C(C)=C\C(C)=O. The van der Waals surface area contributed by atoms with Gasteiger partial charge in [0.1, 0.15) is 0 Å². The van der Waals surface area contributed by atoms with Gasteiger partial charge in [0.25, 0.3) is 0 Å². The molecule has 0 amide bonds. The van der Waals surface area contributed by atoms with Crippen LogP contribution in [-0.2, 0) is 25.7 Å². The second-order valence-electron chi connectivity index (χ2n) is 4.65. The molecule has 121 valence electrons. The number of carbonyl (C=O) groups excluding carboxylic acids is 3. The van der Waals surface area contributed by atoms with Crippen molar-refractivity contribution in [1.29, 1.82) is 0 Å². The van der Waals surface area contributed by atoms with Crippen molar-refractivity contribution in [3.63, 3.8) is 0 Å². The third-order valence-electron chi connectivity index (χ3n) is 1.95. The third kappa shape index (κ3) is 10.9. The summed E-state index contributed by atoms with van der Waals surface area (Å²) in [6, 6.07) is 0. The molecular weight excluding hydrogens is 349 g/mol. The van der Waals surface area contributed by atoms with E-state index in [0.717, 1.165) is 0 Å². The first-order valence-electron chi connectivity index (χ1n) is 6.57. The average Bonchev–Trinajstić information content (AvgIpc) is 2.23. The summed E-state index contributed by atoms with van der Waals surface area (Å²) in [4.78, 5) is 33.1. The molecule has 0 atom stereocenters. The summed E-state index contributed by atoms with van der Waals surface area (Å²) in [7, 11) is 0. The van der Waals surface area contributed by atoms with Crippen LogP contribution in [0.3, 0.4) is 0 Å². The second-order valence-corrected chi connectivity index (χ2v) is 6.99. The van der Waals surface area contributed by atoms with Gasteiger partial charge in [-0.25, -0.2) is 0 Å². The van der Waals surface area contributed by atoms with E-state index in [1.807, 2.05) is 0 Å². The van der Waals surface area contributed by atoms with E-state index in [1.165, 1.54) is 39.0 Å². The molecule has 0 spiro atoms. The van der Waals surface area contributed by atoms with Gasteiger partial charge in [0, 0.05) is 0 Å². The summed E-state index contributed by atoms with van der Waals surface area (Å²) in [6.45, 7) is 9.02. The number of carbonyl (C=O) groups is 3. The monoisotopic (exact) mass is 371 g/mol. The number of rotatable bonds is 9. The first kappa shape index (κ1) is 20.2. The van der Waals surface area contributed by atoms with Crippen LogP contribution in [0.1, 0.15) is 41.5 Å². The van der Waals surface area contributed by atoms with Gasteiger partial charge in [0.2, 0.25) is 0 Å². The molecule has 0 aromatic heterocycles. The average molecular weight is 370 g/mol. The van der Waals surface area contributed by atoms with Crippen molar-refractivity contribution in [2.24, 2.45) is 0 Å². The zero-order valence-electron chi connectivity index (χ0n) is 13.7. The standard InChI is InChI=1S/C15H21GeO6/c1-10(17)7-13(4)20-16(21-14(5)8-11(2)18)22-15(6)9-12(3)19/h7-9H,1-6H3/b13-7-,14-8-,15-9-. The number of hydrogen-bond donors (Lipinski definition) is 0. The molecule has 0 aliphatic carbocycles. The van der Waals surface area contributed by atoms with Gasteiger partial charge >= 0.3 is 135 Å². The number of hydrogen-bond acceptors (Lipinski definition) is 6. The molecule has 0 fully saturated rings. The summed E-state index contributed by atoms with van der Waals surface area (Å²) in [5.74, 6) is 0.572. The third-order valence-corrected chi connectivity index (χ3v) is 5.03. The van der Waals surface area contributed by atoms with Crippen LogP contribution in [0, 0.1) is 0 Å². The van der Waals surface area contributed by atoms with E-state index in [4.69, 9.17) is 11.3 Å². The molecule has 22 heavy (non-hydrogen) atoms. The predicted molar refractivity (Wildman–Crippen MR) is 82.3 cm³/mol. The molecule has 0 N–H and O–H groups in total. The van der Waals surface area contributed by atoms with Gasteiger partial charge in [-0.15, -0.1) is 0 Å². The Morgan fingerprint density at radius 3 is 1.00 bits per heavy atom. The van der Waals surface area contributed by atoms with E-state index < -0.39 is 15.4 Å². The molecule has 0 rings (SSSR count). The second kappa shape index (κ2) is 9.99. The minimum atomic E-state index is -3.05. The molecule has 0 unspecified atom stereocenters. The fraction of sp³-hybridized carbons (Fsp3) is 0.400. The molecule has 7 heteroatoms. The maximum absolute atomic E-state index is 11.0. The van der Waals surface area contributed by atoms with Crippen LogP contribution >= 0.6 is 0 Å². The van der Waals surface area contributed by atoms with Crippen molar-refractivity contribution in [1.82, 2.24) is 0 Å². The van der Waals surface area contributed by atoms with Crippen molar-refractivity contribution in [2.75, 3.05) is 0 Å². The van der Waals surface area contributed by atoms with Gasteiger partial charge in [0.15, 0.2) is 0 Å².